The summed E-state index contributed by atoms with van der Waals surface area (Å²) >= 11 is 0. The number of morpholine rings is 1. The molecule has 7 heteroatoms. The summed E-state index contributed by atoms with van der Waals surface area (Å²) in [6.07, 6.45) is 0.00796. The number of nitrogens with zero attached hydrogens (tertiary/aromatic N) is 3. The summed E-state index contributed by atoms with van der Waals surface area (Å²) in [4.78, 5) is 29.9. The summed E-state index contributed by atoms with van der Waals surface area (Å²) in [5.41, 5.74) is 0. The van der Waals surface area contributed by atoms with Crippen molar-refractivity contribution in [1.29, 1.82) is 0 Å². The Morgan fingerprint density at radius 2 is 2.10 bits per heavy atom. The van der Waals surface area contributed by atoms with E-state index in [2.05, 4.69) is 10.2 Å². The summed E-state index contributed by atoms with van der Waals surface area (Å²) < 4.78 is 5.69. The number of ether oxygens (including phenoxy) is 1. The van der Waals surface area contributed by atoms with E-state index in [9.17, 15) is 9.59 Å². The maximum Gasteiger partial charge on any atom is 0.312 e. The monoisotopic (exact) mass is 282 g/mol. The molecule has 0 aromatic rings. The molecular formula is C13H22N4O3. The summed E-state index contributed by atoms with van der Waals surface area (Å²) in [5, 5.41) is 3.28. The minimum atomic E-state index is -0.375. The van der Waals surface area contributed by atoms with Crippen LogP contribution in [0.25, 0.3) is 0 Å². The van der Waals surface area contributed by atoms with Crippen molar-refractivity contribution in [3.8, 4) is 0 Å². The second-order valence-electron chi connectivity index (χ2n) is 5.82. The van der Waals surface area contributed by atoms with Gasteiger partial charge in [-0.2, -0.15) is 0 Å². The number of rotatable bonds is 2. The Morgan fingerprint density at radius 1 is 1.25 bits per heavy atom. The highest BCUT2D eigenvalue weighted by molar-refractivity contribution is 6.35. The molecule has 2 unspecified atom stereocenters. The van der Waals surface area contributed by atoms with Gasteiger partial charge in [0.05, 0.1) is 18.8 Å². The maximum absolute atomic E-state index is 12.2. The zero-order valence-electron chi connectivity index (χ0n) is 11.9. The highest BCUT2D eigenvalue weighted by Crippen LogP contribution is 2.15. The first-order chi connectivity index (χ1) is 9.65. The molecule has 0 spiro atoms. The lowest BCUT2D eigenvalue weighted by molar-refractivity contribution is -0.161. The van der Waals surface area contributed by atoms with Gasteiger partial charge in [-0.15, -0.1) is 0 Å². The van der Waals surface area contributed by atoms with Crippen LogP contribution in [-0.2, 0) is 14.3 Å². The van der Waals surface area contributed by atoms with Crippen molar-refractivity contribution in [2.24, 2.45) is 0 Å². The fraction of sp³-hybridized carbons (Fsp3) is 0.846. The molecule has 0 aromatic carbocycles. The van der Waals surface area contributed by atoms with Crippen LogP contribution in [0.3, 0.4) is 0 Å². The SMILES string of the molecule is CN1CCOC(CN2CC3CNCCN3C(=O)C2=O)C1. The van der Waals surface area contributed by atoms with E-state index in [4.69, 9.17) is 4.74 Å². The van der Waals surface area contributed by atoms with Gasteiger partial charge in [0, 0.05) is 45.8 Å². The molecule has 2 amide bonds. The number of nitrogens with one attached hydrogen (secondary N) is 1. The van der Waals surface area contributed by atoms with E-state index in [0.717, 1.165) is 26.2 Å². The highest BCUT2D eigenvalue weighted by atomic mass is 16.5. The summed E-state index contributed by atoms with van der Waals surface area (Å²) in [7, 11) is 2.05. The van der Waals surface area contributed by atoms with Crippen LogP contribution in [0.5, 0.6) is 0 Å². The number of hydrogen-bond acceptors (Lipinski definition) is 5. The van der Waals surface area contributed by atoms with Crippen LogP contribution in [0.1, 0.15) is 0 Å². The quantitative estimate of drug-likeness (QED) is 0.591. The molecule has 0 bridgehead atoms. The standard InChI is InChI=1S/C13H22N4O3/c1-15-4-5-20-11(8-15)9-16-7-10-6-14-2-3-17(10)13(19)12(16)18/h10-11,14H,2-9H2,1H3. The normalized spacial score (nSPS) is 32.5. The molecule has 3 saturated heterocycles. The summed E-state index contributed by atoms with van der Waals surface area (Å²) in [6, 6.07) is 0.107. The van der Waals surface area contributed by atoms with Gasteiger partial charge in [-0.05, 0) is 7.05 Å². The fourth-order valence-electron chi connectivity index (χ4n) is 3.17. The van der Waals surface area contributed by atoms with Crippen molar-refractivity contribution in [2.45, 2.75) is 12.1 Å². The van der Waals surface area contributed by atoms with E-state index in [1.165, 1.54) is 0 Å². The largest absolute Gasteiger partial charge is 0.374 e. The number of amides is 2. The van der Waals surface area contributed by atoms with Gasteiger partial charge in [0.1, 0.15) is 0 Å². The third-order valence-corrected chi connectivity index (χ3v) is 4.28. The van der Waals surface area contributed by atoms with E-state index in [-0.39, 0.29) is 24.0 Å². The van der Waals surface area contributed by atoms with E-state index >= 15 is 0 Å². The van der Waals surface area contributed by atoms with E-state index < -0.39 is 0 Å². The van der Waals surface area contributed by atoms with Crippen LogP contribution in [0, 0.1) is 0 Å². The molecule has 3 rings (SSSR count). The highest BCUT2D eigenvalue weighted by Gasteiger charge is 2.40. The van der Waals surface area contributed by atoms with Gasteiger partial charge < -0.3 is 24.8 Å². The smallest absolute Gasteiger partial charge is 0.312 e. The Hall–Kier alpha value is -1.18. The lowest BCUT2D eigenvalue weighted by Gasteiger charge is -2.44. The molecule has 3 aliphatic rings. The van der Waals surface area contributed by atoms with Crippen molar-refractivity contribution < 1.29 is 14.3 Å². The number of hydrogen-bond donors (Lipinski definition) is 1. The average molecular weight is 282 g/mol. The third-order valence-electron chi connectivity index (χ3n) is 4.28. The molecular weight excluding hydrogens is 260 g/mol. The zero-order valence-corrected chi connectivity index (χ0v) is 11.9. The molecule has 0 saturated carbocycles. The molecule has 3 heterocycles. The number of carbonyl (C=O) groups is 2. The van der Waals surface area contributed by atoms with Crippen molar-refractivity contribution in [3.05, 3.63) is 0 Å². The minimum Gasteiger partial charge on any atom is -0.374 e. The Labute approximate surface area is 118 Å². The van der Waals surface area contributed by atoms with Crippen LogP contribution >= 0.6 is 0 Å². The van der Waals surface area contributed by atoms with Gasteiger partial charge >= 0.3 is 11.8 Å². The molecule has 7 nitrogen and oxygen atoms in total. The first kappa shape index (κ1) is 13.8. The van der Waals surface area contributed by atoms with E-state index in [1.807, 2.05) is 7.05 Å². The third kappa shape index (κ3) is 2.65. The van der Waals surface area contributed by atoms with Crippen molar-refractivity contribution >= 4 is 11.8 Å². The summed E-state index contributed by atoms with van der Waals surface area (Å²) in [5.74, 6) is -0.730. The number of likely N-dealkylation sites (N-methyl/N-ethyl adjacent to an activating group) is 1. The van der Waals surface area contributed by atoms with E-state index in [0.29, 0.717) is 26.2 Å². The minimum absolute atomic E-state index is 0.00796. The van der Waals surface area contributed by atoms with E-state index in [1.54, 1.807) is 9.80 Å². The number of piperazine rings is 2. The summed E-state index contributed by atoms with van der Waals surface area (Å²) in [6.45, 7) is 5.71. The van der Waals surface area contributed by atoms with Crippen LogP contribution in [-0.4, -0.2) is 98.1 Å². The maximum atomic E-state index is 12.2. The van der Waals surface area contributed by atoms with Gasteiger partial charge in [0.25, 0.3) is 0 Å². The van der Waals surface area contributed by atoms with Crippen molar-refractivity contribution in [1.82, 2.24) is 20.0 Å². The van der Waals surface area contributed by atoms with Crippen LogP contribution in [0.4, 0.5) is 0 Å². The fourth-order valence-corrected chi connectivity index (χ4v) is 3.17. The molecule has 3 fully saturated rings. The Morgan fingerprint density at radius 3 is 2.90 bits per heavy atom. The molecule has 0 radical (unpaired) electrons. The topological polar surface area (TPSA) is 65.1 Å². The Kier molecular flexibility index (Phi) is 3.91. The lowest BCUT2D eigenvalue weighted by Crippen LogP contribution is -2.66. The second-order valence-corrected chi connectivity index (χ2v) is 5.82. The van der Waals surface area contributed by atoms with Gasteiger partial charge in [0.2, 0.25) is 0 Å². The molecule has 20 heavy (non-hydrogen) atoms. The molecule has 0 aromatic heterocycles. The predicted molar refractivity (Wildman–Crippen MR) is 72.2 cm³/mol. The Bertz CT molecular complexity index is 403. The average Bonchev–Trinajstić information content (AvgIpc) is 2.45. The van der Waals surface area contributed by atoms with Gasteiger partial charge in [-0.1, -0.05) is 0 Å². The predicted octanol–water partition coefficient (Wildman–Crippen LogP) is -2.04. The molecule has 3 aliphatic heterocycles. The van der Waals surface area contributed by atoms with Crippen LogP contribution in [0.2, 0.25) is 0 Å². The first-order valence-corrected chi connectivity index (χ1v) is 7.26. The molecule has 2 atom stereocenters. The second kappa shape index (κ2) is 5.67. The number of carbonyl (C=O) groups excluding carboxylic acids is 2. The number of fused-ring (bicyclic) bond motifs is 1. The molecule has 1 N–H and O–H groups in total. The lowest BCUT2D eigenvalue weighted by atomic mass is 10.1. The first-order valence-electron chi connectivity index (χ1n) is 7.26. The van der Waals surface area contributed by atoms with Crippen molar-refractivity contribution in [3.63, 3.8) is 0 Å². The van der Waals surface area contributed by atoms with Crippen molar-refractivity contribution in [2.75, 3.05) is 59.5 Å². The van der Waals surface area contributed by atoms with Gasteiger partial charge in [-0.25, -0.2) is 0 Å². The van der Waals surface area contributed by atoms with Crippen LogP contribution in [0.15, 0.2) is 0 Å². The van der Waals surface area contributed by atoms with Gasteiger partial charge in [-0.3, -0.25) is 9.59 Å². The molecule has 0 aliphatic carbocycles. The Balaban J connectivity index is 1.64. The van der Waals surface area contributed by atoms with Gasteiger partial charge in [0.15, 0.2) is 0 Å². The molecule has 112 valence electrons. The zero-order chi connectivity index (χ0) is 14.1. The van der Waals surface area contributed by atoms with Crippen LogP contribution < -0.4 is 5.32 Å².